The highest BCUT2D eigenvalue weighted by Crippen LogP contribution is 2.29. The van der Waals surface area contributed by atoms with Crippen molar-refractivity contribution in [2.75, 3.05) is 33.3 Å². The Kier molecular flexibility index (Phi) is 4.71. The zero-order valence-electron chi connectivity index (χ0n) is 10.9. The molecule has 19 heavy (non-hydrogen) atoms. The lowest BCUT2D eigenvalue weighted by atomic mass is 9.88. The molecule has 3 heterocycles. The zero-order chi connectivity index (χ0) is 12.5. The number of hydrogen-bond acceptors (Lipinski definition) is 4. The van der Waals surface area contributed by atoms with Crippen molar-refractivity contribution in [1.82, 2.24) is 10.2 Å². The van der Waals surface area contributed by atoms with Gasteiger partial charge in [-0.05, 0) is 31.3 Å². The summed E-state index contributed by atoms with van der Waals surface area (Å²) in [6.07, 6.45) is 1.13. The van der Waals surface area contributed by atoms with E-state index in [-0.39, 0.29) is 18.3 Å². The Balaban J connectivity index is 0.00000133. The van der Waals surface area contributed by atoms with E-state index in [0.29, 0.717) is 5.92 Å². The predicted octanol–water partition coefficient (Wildman–Crippen LogP) is 1.86. The van der Waals surface area contributed by atoms with Crippen molar-refractivity contribution >= 4 is 29.7 Å². The number of nitrogens with one attached hydrogen (secondary N) is 1. The Hall–Kier alpha value is -0.780. The molecule has 6 heteroatoms. The Labute approximate surface area is 123 Å². The molecule has 2 fully saturated rings. The van der Waals surface area contributed by atoms with Crippen LogP contribution in [0.2, 0.25) is 0 Å². The van der Waals surface area contributed by atoms with E-state index in [0.717, 1.165) is 49.1 Å². The summed E-state index contributed by atoms with van der Waals surface area (Å²) in [5.74, 6) is 2.35. The number of rotatable bonds is 2. The third-order valence-corrected chi connectivity index (χ3v) is 4.91. The monoisotopic (exact) mass is 302 g/mol. The number of methoxy groups -OCH3 is 1. The van der Waals surface area contributed by atoms with Crippen LogP contribution in [0.4, 0.5) is 0 Å². The summed E-state index contributed by atoms with van der Waals surface area (Å²) in [6.45, 7) is 3.97. The van der Waals surface area contributed by atoms with Crippen LogP contribution in [0.25, 0.3) is 0 Å². The van der Waals surface area contributed by atoms with Gasteiger partial charge in [0.05, 0.1) is 12.0 Å². The van der Waals surface area contributed by atoms with Crippen molar-refractivity contribution in [3.8, 4) is 5.75 Å². The smallest absolute Gasteiger partial charge is 0.264 e. The summed E-state index contributed by atoms with van der Waals surface area (Å²) in [7, 11) is 1.63. The largest absolute Gasteiger partial charge is 0.496 e. The number of carbonyl (C=O) groups excluding carboxylic acids is 1. The van der Waals surface area contributed by atoms with E-state index in [1.807, 2.05) is 16.3 Å². The van der Waals surface area contributed by atoms with Crippen molar-refractivity contribution in [1.29, 1.82) is 0 Å². The van der Waals surface area contributed by atoms with Gasteiger partial charge in [0.1, 0.15) is 5.75 Å². The van der Waals surface area contributed by atoms with Crippen molar-refractivity contribution in [3.63, 3.8) is 0 Å². The molecule has 1 aromatic heterocycles. The molecule has 2 aliphatic heterocycles. The number of fused-ring (bicyclic) bond motifs is 1. The maximum absolute atomic E-state index is 12.4. The highest BCUT2D eigenvalue weighted by atomic mass is 35.5. The lowest BCUT2D eigenvalue weighted by Gasteiger charge is -2.34. The number of thiophene rings is 1. The van der Waals surface area contributed by atoms with Gasteiger partial charge in [0.2, 0.25) is 0 Å². The van der Waals surface area contributed by atoms with Crippen LogP contribution in [0.15, 0.2) is 11.4 Å². The van der Waals surface area contributed by atoms with Crippen LogP contribution < -0.4 is 10.1 Å². The Morgan fingerprint density at radius 3 is 3.00 bits per heavy atom. The summed E-state index contributed by atoms with van der Waals surface area (Å²) < 4.78 is 5.13. The van der Waals surface area contributed by atoms with Crippen molar-refractivity contribution in [2.45, 2.75) is 6.42 Å². The number of hydrogen-bond donors (Lipinski definition) is 1. The van der Waals surface area contributed by atoms with Crippen LogP contribution >= 0.6 is 23.7 Å². The fraction of sp³-hybridized carbons (Fsp3) is 0.615. The number of halogens is 1. The first kappa shape index (κ1) is 14.6. The number of ether oxygens (including phenoxy) is 1. The van der Waals surface area contributed by atoms with Crippen LogP contribution in [0.1, 0.15) is 16.1 Å². The first-order chi connectivity index (χ1) is 8.78. The number of piperidine rings is 1. The predicted molar refractivity (Wildman–Crippen MR) is 78.5 cm³/mol. The minimum absolute atomic E-state index is 0. The maximum Gasteiger partial charge on any atom is 0.264 e. The molecule has 1 aromatic rings. The maximum atomic E-state index is 12.4. The third kappa shape index (κ3) is 2.88. The summed E-state index contributed by atoms with van der Waals surface area (Å²) in [5.41, 5.74) is 0. The molecular weight excluding hydrogens is 284 g/mol. The number of likely N-dealkylation sites (tertiary alicyclic amines) is 1. The molecule has 0 aromatic carbocycles. The van der Waals surface area contributed by atoms with E-state index in [2.05, 4.69) is 5.32 Å². The molecule has 0 spiro atoms. The minimum Gasteiger partial charge on any atom is -0.496 e. The zero-order valence-corrected chi connectivity index (χ0v) is 12.6. The van der Waals surface area contributed by atoms with Gasteiger partial charge in [-0.1, -0.05) is 0 Å². The van der Waals surface area contributed by atoms with Gasteiger partial charge in [0.25, 0.3) is 5.91 Å². The molecule has 1 amide bonds. The summed E-state index contributed by atoms with van der Waals surface area (Å²) in [4.78, 5) is 15.2. The second-order valence-electron chi connectivity index (χ2n) is 5.07. The van der Waals surface area contributed by atoms with Crippen LogP contribution in [0.3, 0.4) is 0 Å². The quantitative estimate of drug-likeness (QED) is 0.907. The second-order valence-corrected chi connectivity index (χ2v) is 5.98. The van der Waals surface area contributed by atoms with Gasteiger partial charge in [0, 0.05) is 24.5 Å². The van der Waals surface area contributed by atoms with Gasteiger partial charge in [-0.25, -0.2) is 0 Å². The topological polar surface area (TPSA) is 41.6 Å². The molecule has 4 nitrogen and oxygen atoms in total. The Morgan fingerprint density at radius 2 is 2.26 bits per heavy atom. The van der Waals surface area contributed by atoms with Crippen LogP contribution in [0.5, 0.6) is 5.75 Å². The fourth-order valence-corrected chi connectivity index (χ4v) is 3.73. The van der Waals surface area contributed by atoms with Gasteiger partial charge in [0.15, 0.2) is 0 Å². The molecule has 0 radical (unpaired) electrons. The van der Waals surface area contributed by atoms with Gasteiger partial charge >= 0.3 is 0 Å². The van der Waals surface area contributed by atoms with Gasteiger partial charge in [-0.2, -0.15) is 0 Å². The van der Waals surface area contributed by atoms with E-state index in [1.54, 1.807) is 7.11 Å². The van der Waals surface area contributed by atoms with Crippen LogP contribution in [-0.4, -0.2) is 44.1 Å². The van der Waals surface area contributed by atoms with E-state index in [9.17, 15) is 4.79 Å². The van der Waals surface area contributed by atoms with E-state index in [4.69, 9.17) is 4.74 Å². The molecule has 2 saturated heterocycles. The van der Waals surface area contributed by atoms with E-state index >= 15 is 0 Å². The molecule has 106 valence electrons. The first-order valence-corrected chi connectivity index (χ1v) is 7.28. The van der Waals surface area contributed by atoms with Crippen molar-refractivity contribution < 1.29 is 9.53 Å². The minimum atomic E-state index is 0. The van der Waals surface area contributed by atoms with E-state index < -0.39 is 0 Å². The average Bonchev–Trinajstić information content (AvgIpc) is 3.05. The second kappa shape index (κ2) is 6.11. The lowest BCUT2D eigenvalue weighted by molar-refractivity contribution is 0.0647. The average molecular weight is 303 g/mol. The molecule has 2 atom stereocenters. The molecule has 2 unspecified atom stereocenters. The lowest BCUT2D eigenvalue weighted by Crippen LogP contribution is -2.43. The molecule has 0 aliphatic carbocycles. The fourth-order valence-electron chi connectivity index (χ4n) is 2.91. The molecule has 1 N–H and O–H groups in total. The molecule has 3 rings (SSSR count). The van der Waals surface area contributed by atoms with Crippen molar-refractivity contribution in [2.24, 2.45) is 11.8 Å². The number of amides is 1. The Bertz CT molecular complexity index is 452. The van der Waals surface area contributed by atoms with E-state index in [1.165, 1.54) is 11.3 Å². The normalized spacial score (nSPS) is 25.6. The van der Waals surface area contributed by atoms with Crippen LogP contribution in [-0.2, 0) is 0 Å². The van der Waals surface area contributed by atoms with Crippen molar-refractivity contribution in [3.05, 3.63) is 16.3 Å². The highest BCUT2D eigenvalue weighted by Gasteiger charge is 2.34. The molecule has 2 aliphatic rings. The van der Waals surface area contributed by atoms with Gasteiger partial charge in [-0.15, -0.1) is 23.7 Å². The highest BCUT2D eigenvalue weighted by molar-refractivity contribution is 7.12. The Morgan fingerprint density at radius 1 is 1.47 bits per heavy atom. The molecule has 0 saturated carbocycles. The van der Waals surface area contributed by atoms with Crippen LogP contribution in [0, 0.1) is 11.8 Å². The third-order valence-electron chi connectivity index (χ3n) is 4.01. The number of nitrogens with zero attached hydrogens (tertiary/aromatic N) is 1. The van der Waals surface area contributed by atoms with Gasteiger partial charge < -0.3 is 15.0 Å². The molecule has 0 bridgehead atoms. The van der Waals surface area contributed by atoms with Gasteiger partial charge in [-0.3, -0.25) is 4.79 Å². The summed E-state index contributed by atoms with van der Waals surface area (Å²) in [6, 6.07) is 1.84. The SMILES string of the molecule is COc1csc(C(=O)N2CCC3CNCC3C2)c1.Cl. The summed E-state index contributed by atoms with van der Waals surface area (Å²) >= 11 is 1.47. The standard InChI is InChI=1S/C13H18N2O2S.ClH/c1-17-11-4-12(18-8-11)13(16)15-3-2-9-5-14-6-10(9)7-15;/h4,8-10,14H,2-3,5-7H2,1H3;1H. The first-order valence-electron chi connectivity index (χ1n) is 6.40. The summed E-state index contributed by atoms with van der Waals surface area (Å²) in [5, 5.41) is 5.31. The molecular formula is C13H19ClN2O2S. The number of carbonyl (C=O) groups is 1.